The van der Waals surface area contributed by atoms with Gasteiger partial charge in [0.15, 0.2) is 0 Å². The molecule has 2 atom stereocenters. The molecule has 114 valence electrons. The van der Waals surface area contributed by atoms with E-state index in [0.29, 0.717) is 5.75 Å². The number of hydrogen-bond donors (Lipinski definition) is 2. The SMILES string of the molecule is COc1cccc(C(O)c2cc(C)cc3c2NC(=O)C3C)c1. The van der Waals surface area contributed by atoms with Crippen molar-refractivity contribution in [3.05, 3.63) is 58.7 Å². The van der Waals surface area contributed by atoms with Gasteiger partial charge in [0.1, 0.15) is 11.9 Å². The highest BCUT2D eigenvalue weighted by atomic mass is 16.5. The normalized spacial score (nSPS) is 17.8. The maximum absolute atomic E-state index is 11.9. The van der Waals surface area contributed by atoms with Crippen molar-refractivity contribution in [1.29, 1.82) is 0 Å². The molecule has 2 N–H and O–H groups in total. The number of rotatable bonds is 3. The molecule has 0 fully saturated rings. The molecule has 2 aromatic rings. The van der Waals surface area contributed by atoms with Gasteiger partial charge in [0.05, 0.1) is 18.7 Å². The fourth-order valence-corrected chi connectivity index (χ4v) is 2.91. The highest BCUT2D eigenvalue weighted by Gasteiger charge is 2.31. The van der Waals surface area contributed by atoms with E-state index in [9.17, 15) is 9.90 Å². The molecule has 2 aromatic carbocycles. The molecule has 0 radical (unpaired) electrons. The van der Waals surface area contributed by atoms with Gasteiger partial charge in [-0.15, -0.1) is 0 Å². The minimum atomic E-state index is -0.811. The second-order valence-corrected chi connectivity index (χ2v) is 5.71. The molecular formula is C18H19NO3. The predicted octanol–water partition coefficient (Wildman–Crippen LogP) is 3.14. The van der Waals surface area contributed by atoms with E-state index >= 15 is 0 Å². The average Bonchev–Trinajstić information content (AvgIpc) is 2.81. The van der Waals surface area contributed by atoms with Gasteiger partial charge in [-0.25, -0.2) is 0 Å². The Labute approximate surface area is 129 Å². The van der Waals surface area contributed by atoms with Crippen molar-refractivity contribution in [2.24, 2.45) is 0 Å². The van der Waals surface area contributed by atoms with Crippen LogP contribution < -0.4 is 10.1 Å². The molecule has 1 aliphatic rings. The number of nitrogens with one attached hydrogen (secondary N) is 1. The van der Waals surface area contributed by atoms with Gasteiger partial charge in [-0.3, -0.25) is 4.79 Å². The molecule has 1 heterocycles. The van der Waals surface area contributed by atoms with E-state index in [1.165, 1.54) is 0 Å². The second-order valence-electron chi connectivity index (χ2n) is 5.71. The van der Waals surface area contributed by atoms with Crippen LogP contribution in [0.5, 0.6) is 5.75 Å². The van der Waals surface area contributed by atoms with Crippen LogP contribution in [0, 0.1) is 6.92 Å². The maximum Gasteiger partial charge on any atom is 0.231 e. The van der Waals surface area contributed by atoms with Crippen LogP contribution in [0.4, 0.5) is 5.69 Å². The molecule has 0 saturated heterocycles. The van der Waals surface area contributed by atoms with Crippen LogP contribution in [0.2, 0.25) is 0 Å². The predicted molar refractivity (Wildman–Crippen MR) is 85.3 cm³/mol. The largest absolute Gasteiger partial charge is 0.497 e. The topological polar surface area (TPSA) is 58.6 Å². The number of methoxy groups -OCH3 is 1. The van der Waals surface area contributed by atoms with Crippen molar-refractivity contribution < 1.29 is 14.6 Å². The Kier molecular flexibility index (Phi) is 3.62. The van der Waals surface area contributed by atoms with E-state index in [1.807, 2.05) is 44.2 Å². The quantitative estimate of drug-likeness (QED) is 0.915. The molecule has 4 nitrogen and oxygen atoms in total. The molecule has 0 bridgehead atoms. The third kappa shape index (κ3) is 2.35. The zero-order chi connectivity index (χ0) is 15.9. The fraction of sp³-hybridized carbons (Fsp3) is 0.278. The van der Waals surface area contributed by atoms with Crippen LogP contribution in [0.3, 0.4) is 0 Å². The Bertz CT molecular complexity index is 739. The van der Waals surface area contributed by atoms with Gasteiger partial charge in [0.25, 0.3) is 0 Å². The molecule has 2 unspecified atom stereocenters. The summed E-state index contributed by atoms with van der Waals surface area (Å²) in [6, 6.07) is 11.2. The minimum Gasteiger partial charge on any atom is -0.497 e. The standard InChI is InChI=1S/C18H19NO3/c1-10-7-14-11(2)18(21)19-16(14)15(8-10)17(20)12-5-4-6-13(9-12)22-3/h4-9,11,17,20H,1-3H3,(H,19,21). The third-order valence-corrected chi connectivity index (χ3v) is 4.16. The number of amides is 1. The van der Waals surface area contributed by atoms with Gasteiger partial charge in [-0.1, -0.05) is 29.8 Å². The smallest absolute Gasteiger partial charge is 0.231 e. The lowest BCUT2D eigenvalue weighted by molar-refractivity contribution is -0.116. The van der Waals surface area contributed by atoms with Gasteiger partial charge < -0.3 is 15.2 Å². The number of benzene rings is 2. The Morgan fingerprint density at radius 2 is 2.05 bits per heavy atom. The number of fused-ring (bicyclic) bond motifs is 1. The summed E-state index contributed by atoms with van der Waals surface area (Å²) in [5.41, 5.74) is 4.17. The number of aliphatic hydroxyl groups is 1. The molecule has 22 heavy (non-hydrogen) atoms. The third-order valence-electron chi connectivity index (χ3n) is 4.16. The average molecular weight is 297 g/mol. The van der Waals surface area contributed by atoms with Crippen molar-refractivity contribution in [1.82, 2.24) is 0 Å². The van der Waals surface area contributed by atoms with Gasteiger partial charge in [-0.05, 0) is 37.1 Å². The summed E-state index contributed by atoms with van der Waals surface area (Å²) in [4.78, 5) is 11.9. The number of anilines is 1. The van der Waals surface area contributed by atoms with Crippen LogP contribution in [-0.4, -0.2) is 18.1 Å². The van der Waals surface area contributed by atoms with Crippen molar-refractivity contribution in [2.75, 3.05) is 12.4 Å². The summed E-state index contributed by atoms with van der Waals surface area (Å²) >= 11 is 0. The van der Waals surface area contributed by atoms with E-state index < -0.39 is 6.10 Å². The first-order valence-electron chi connectivity index (χ1n) is 7.28. The number of aryl methyl sites for hydroxylation is 1. The van der Waals surface area contributed by atoms with Crippen LogP contribution in [0.15, 0.2) is 36.4 Å². The Morgan fingerprint density at radius 3 is 2.77 bits per heavy atom. The summed E-state index contributed by atoms with van der Waals surface area (Å²) in [6.45, 7) is 3.85. The van der Waals surface area contributed by atoms with E-state index in [1.54, 1.807) is 13.2 Å². The summed E-state index contributed by atoms with van der Waals surface area (Å²) in [6.07, 6.45) is -0.811. The lowest BCUT2D eigenvalue weighted by Crippen LogP contribution is -2.10. The number of carbonyl (C=O) groups excluding carboxylic acids is 1. The van der Waals surface area contributed by atoms with Crippen molar-refractivity contribution in [2.45, 2.75) is 25.9 Å². The second kappa shape index (κ2) is 5.46. The van der Waals surface area contributed by atoms with Crippen LogP contribution >= 0.6 is 0 Å². The summed E-state index contributed by atoms with van der Waals surface area (Å²) < 4.78 is 5.21. The highest BCUT2D eigenvalue weighted by Crippen LogP contribution is 2.40. The van der Waals surface area contributed by atoms with E-state index in [2.05, 4.69) is 5.32 Å². The van der Waals surface area contributed by atoms with Crippen molar-refractivity contribution in [3.8, 4) is 5.75 Å². The number of aliphatic hydroxyl groups excluding tert-OH is 1. The monoisotopic (exact) mass is 297 g/mol. The van der Waals surface area contributed by atoms with Crippen molar-refractivity contribution >= 4 is 11.6 Å². The first-order chi connectivity index (χ1) is 10.5. The van der Waals surface area contributed by atoms with E-state index in [0.717, 1.165) is 27.9 Å². The zero-order valence-electron chi connectivity index (χ0n) is 12.9. The Hall–Kier alpha value is -2.33. The molecule has 0 spiro atoms. The molecule has 0 aromatic heterocycles. The summed E-state index contributed by atoms with van der Waals surface area (Å²) in [7, 11) is 1.60. The van der Waals surface area contributed by atoms with Gasteiger partial charge in [0.2, 0.25) is 5.91 Å². The Morgan fingerprint density at radius 1 is 1.27 bits per heavy atom. The minimum absolute atomic E-state index is 0.0281. The number of ether oxygens (including phenoxy) is 1. The number of carbonyl (C=O) groups is 1. The molecule has 0 saturated carbocycles. The molecule has 1 aliphatic heterocycles. The lowest BCUT2D eigenvalue weighted by Gasteiger charge is -2.17. The highest BCUT2D eigenvalue weighted by molar-refractivity contribution is 6.03. The first-order valence-corrected chi connectivity index (χ1v) is 7.28. The van der Waals surface area contributed by atoms with Gasteiger partial charge in [-0.2, -0.15) is 0 Å². The molecule has 3 rings (SSSR count). The van der Waals surface area contributed by atoms with Crippen LogP contribution in [0.1, 0.15) is 41.2 Å². The molecular weight excluding hydrogens is 278 g/mol. The molecule has 0 aliphatic carbocycles. The number of hydrogen-bond acceptors (Lipinski definition) is 3. The van der Waals surface area contributed by atoms with Crippen molar-refractivity contribution in [3.63, 3.8) is 0 Å². The fourth-order valence-electron chi connectivity index (χ4n) is 2.91. The zero-order valence-corrected chi connectivity index (χ0v) is 12.9. The molecule has 1 amide bonds. The van der Waals surface area contributed by atoms with Crippen LogP contribution in [0.25, 0.3) is 0 Å². The Balaban J connectivity index is 2.09. The summed E-state index contributed by atoms with van der Waals surface area (Å²) in [5.74, 6) is 0.476. The summed E-state index contributed by atoms with van der Waals surface area (Å²) in [5, 5.41) is 13.7. The van der Waals surface area contributed by atoms with Crippen LogP contribution in [-0.2, 0) is 4.79 Å². The maximum atomic E-state index is 11.9. The van der Waals surface area contributed by atoms with Gasteiger partial charge >= 0.3 is 0 Å². The van der Waals surface area contributed by atoms with E-state index in [4.69, 9.17) is 4.74 Å². The van der Waals surface area contributed by atoms with Gasteiger partial charge in [0, 0.05) is 5.56 Å². The lowest BCUT2D eigenvalue weighted by atomic mass is 9.93. The molecule has 4 heteroatoms. The van der Waals surface area contributed by atoms with E-state index in [-0.39, 0.29) is 11.8 Å². The first kappa shape index (κ1) is 14.6.